The van der Waals surface area contributed by atoms with Gasteiger partial charge in [-0.25, -0.2) is 9.59 Å². The number of nitrogens with zero attached hydrogens (tertiary/aromatic N) is 1. The number of ether oxygens (including phenoxy) is 2. The predicted molar refractivity (Wildman–Crippen MR) is 76.8 cm³/mol. The predicted octanol–water partition coefficient (Wildman–Crippen LogP) is 3.10. The molecule has 0 saturated heterocycles. The second-order valence-electron chi connectivity index (χ2n) is 5.38. The molecule has 0 aliphatic rings. The molecule has 1 aromatic rings. The highest BCUT2D eigenvalue weighted by molar-refractivity contribution is 5.91. The molecule has 1 atom stereocenters. The Kier molecular flexibility index (Phi) is 5.30. The number of carbonyl (C=O) groups excluding carboxylic acids is 2. The van der Waals surface area contributed by atoms with Gasteiger partial charge in [-0.1, -0.05) is 0 Å². The van der Waals surface area contributed by atoms with Crippen LogP contribution in [0.5, 0.6) is 0 Å². The van der Waals surface area contributed by atoms with Gasteiger partial charge in [0, 0.05) is 5.69 Å². The molecule has 0 radical (unpaired) electrons. The highest BCUT2D eigenvalue weighted by Gasteiger charge is 2.16. The van der Waals surface area contributed by atoms with E-state index in [1.807, 2.05) is 6.07 Å². The van der Waals surface area contributed by atoms with Crippen molar-refractivity contribution in [2.24, 2.45) is 0 Å². The van der Waals surface area contributed by atoms with Crippen LogP contribution in [0.1, 0.15) is 38.1 Å². The lowest BCUT2D eigenvalue weighted by molar-refractivity contribution is 0.0435. The van der Waals surface area contributed by atoms with E-state index in [4.69, 9.17) is 14.7 Å². The first kappa shape index (κ1) is 16.5. The Balaban J connectivity index is 2.64. The fraction of sp³-hybridized carbons (Fsp3) is 0.400. The molecular formula is C15H18N2O4. The average Bonchev–Trinajstić information content (AvgIpc) is 2.36. The zero-order valence-corrected chi connectivity index (χ0v) is 12.5. The van der Waals surface area contributed by atoms with Crippen molar-refractivity contribution < 1.29 is 19.1 Å². The molecule has 1 rings (SSSR count). The number of amides is 1. The molecule has 0 spiro atoms. The van der Waals surface area contributed by atoms with Crippen LogP contribution < -0.4 is 5.32 Å². The second-order valence-corrected chi connectivity index (χ2v) is 5.38. The van der Waals surface area contributed by atoms with E-state index in [9.17, 15) is 9.59 Å². The summed E-state index contributed by atoms with van der Waals surface area (Å²) in [6.45, 7) is 6.78. The molecule has 0 heterocycles. The van der Waals surface area contributed by atoms with E-state index in [1.165, 1.54) is 19.1 Å². The van der Waals surface area contributed by atoms with Crippen LogP contribution in [-0.4, -0.2) is 23.8 Å². The summed E-state index contributed by atoms with van der Waals surface area (Å²) in [5.74, 6) is -0.590. The van der Waals surface area contributed by atoms with Gasteiger partial charge in [0.05, 0.1) is 5.56 Å². The number of anilines is 1. The van der Waals surface area contributed by atoms with Crippen molar-refractivity contribution in [1.82, 2.24) is 0 Å². The van der Waals surface area contributed by atoms with Gasteiger partial charge >= 0.3 is 12.1 Å². The van der Waals surface area contributed by atoms with Crippen molar-refractivity contribution in [3.63, 3.8) is 0 Å². The molecule has 112 valence electrons. The van der Waals surface area contributed by atoms with Gasteiger partial charge < -0.3 is 9.47 Å². The van der Waals surface area contributed by atoms with Gasteiger partial charge in [-0.05, 0) is 52.0 Å². The van der Waals surface area contributed by atoms with E-state index >= 15 is 0 Å². The Morgan fingerprint density at radius 2 is 1.81 bits per heavy atom. The summed E-state index contributed by atoms with van der Waals surface area (Å²) in [4.78, 5) is 23.2. The third-order valence-corrected chi connectivity index (χ3v) is 2.23. The average molecular weight is 290 g/mol. The molecule has 0 fully saturated rings. The van der Waals surface area contributed by atoms with Crippen molar-refractivity contribution in [1.29, 1.82) is 5.26 Å². The van der Waals surface area contributed by atoms with Crippen molar-refractivity contribution >= 4 is 17.7 Å². The fourth-order valence-electron chi connectivity index (χ4n) is 1.37. The van der Waals surface area contributed by atoms with Gasteiger partial charge in [0.15, 0.2) is 6.10 Å². The van der Waals surface area contributed by atoms with Crippen LogP contribution in [0.15, 0.2) is 24.3 Å². The smallest absolute Gasteiger partial charge is 0.412 e. The van der Waals surface area contributed by atoms with Crippen molar-refractivity contribution in [2.45, 2.75) is 39.4 Å². The number of carbonyl (C=O) groups is 2. The van der Waals surface area contributed by atoms with E-state index in [-0.39, 0.29) is 0 Å². The Bertz CT molecular complexity index is 553. The van der Waals surface area contributed by atoms with Crippen LogP contribution in [0.4, 0.5) is 10.5 Å². The highest BCUT2D eigenvalue weighted by atomic mass is 16.6. The van der Waals surface area contributed by atoms with Crippen LogP contribution in [0, 0.1) is 11.3 Å². The SMILES string of the molecule is CC(C#N)OC(=O)c1ccc(NC(=O)OC(C)(C)C)cc1. The lowest BCUT2D eigenvalue weighted by atomic mass is 10.2. The van der Waals surface area contributed by atoms with Gasteiger partial charge in [0.2, 0.25) is 0 Å². The van der Waals surface area contributed by atoms with E-state index in [2.05, 4.69) is 5.32 Å². The van der Waals surface area contributed by atoms with E-state index < -0.39 is 23.8 Å². The zero-order chi connectivity index (χ0) is 16.0. The standard InChI is InChI=1S/C15H18N2O4/c1-10(9-16)20-13(18)11-5-7-12(8-6-11)17-14(19)21-15(2,3)4/h5-8,10H,1-4H3,(H,17,19). The van der Waals surface area contributed by atoms with Gasteiger partial charge in [-0.15, -0.1) is 0 Å². The second kappa shape index (κ2) is 6.75. The van der Waals surface area contributed by atoms with E-state index in [0.717, 1.165) is 0 Å². The van der Waals surface area contributed by atoms with Crippen LogP contribution in [-0.2, 0) is 9.47 Å². The summed E-state index contributed by atoms with van der Waals surface area (Å²) in [6.07, 6.45) is -1.38. The summed E-state index contributed by atoms with van der Waals surface area (Å²) >= 11 is 0. The minimum atomic E-state index is -0.808. The zero-order valence-electron chi connectivity index (χ0n) is 12.5. The first-order valence-electron chi connectivity index (χ1n) is 6.42. The molecular weight excluding hydrogens is 272 g/mol. The molecule has 1 unspecified atom stereocenters. The number of hydrogen-bond acceptors (Lipinski definition) is 5. The first-order valence-corrected chi connectivity index (χ1v) is 6.42. The van der Waals surface area contributed by atoms with Crippen LogP contribution in [0.25, 0.3) is 0 Å². The van der Waals surface area contributed by atoms with E-state index in [1.54, 1.807) is 32.9 Å². The molecule has 0 aliphatic carbocycles. The number of hydrogen-bond donors (Lipinski definition) is 1. The number of benzene rings is 1. The normalized spacial score (nSPS) is 12.0. The Morgan fingerprint density at radius 3 is 2.29 bits per heavy atom. The molecule has 0 saturated carbocycles. The summed E-state index contributed by atoms with van der Waals surface area (Å²) in [5, 5.41) is 11.1. The maximum Gasteiger partial charge on any atom is 0.412 e. The van der Waals surface area contributed by atoms with Gasteiger partial charge in [-0.3, -0.25) is 5.32 Å². The number of rotatable bonds is 3. The quantitative estimate of drug-likeness (QED) is 0.864. The molecule has 21 heavy (non-hydrogen) atoms. The molecule has 6 heteroatoms. The van der Waals surface area contributed by atoms with Crippen molar-refractivity contribution in [3.8, 4) is 6.07 Å². The monoisotopic (exact) mass is 290 g/mol. The topological polar surface area (TPSA) is 88.4 Å². The third-order valence-electron chi connectivity index (χ3n) is 2.23. The summed E-state index contributed by atoms with van der Waals surface area (Å²) in [5.41, 5.74) is 0.210. The van der Waals surface area contributed by atoms with Crippen molar-refractivity contribution in [3.05, 3.63) is 29.8 Å². The van der Waals surface area contributed by atoms with Crippen LogP contribution in [0.2, 0.25) is 0 Å². The molecule has 1 amide bonds. The largest absolute Gasteiger partial charge is 0.444 e. The minimum Gasteiger partial charge on any atom is -0.444 e. The summed E-state index contributed by atoms with van der Waals surface area (Å²) in [6, 6.07) is 7.91. The van der Waals surface area contributed by atoms with Crippen LogP contribution in [0.3, 0.4) is 0 Å². The minimum absolute atomic E-state index is 0.298. The third kappa shape index (κ3) is 5.95. The maximum absolute atomic E-state index is 11.6. The first-order chi connectivity index (χ1) is 9.71. The van der Waals surface area contributed by atoms with Gasteiger partial charge in [-0.2, -0.15) is 5.26 Å². The Morgan fingerprint density at radius 1 is 1.24 bits per heavy atom. The fourth-order valence-corrected chi connectivity index (χ4v) is 1.37. The number of nitriles is 1. The lowest BCUT2D eigenvalue weighted by Crippen LogP contribution is -2.27. The van der Waals surface area contributed by atoms with Crippen molar-refractivity contribution in [2.75, 3.05) is 5.32 Å². The maximum atomic E-state index is 11.6. The molecule has 1 N–H and O–H groups in total. The van der Waals surface area contributed by atoms with Crippen LogP contribution >= 0.6 is 0 Å². The van der Waals surface area contributed by atoms with E-state index in [0.29, 0.717) is 11.3 Å². The Hall–Kier alpha value is -2.55. The molecule has 0 aliphatic heterocycles. The molecule has 0 aromatic heterocycles. The Labute approximate surface area is 123 Å². The molecule has 0 bridgehead atoms. The number of esters is 1. The summed E-state index contributed by atoms with van der Waals surface area (Å²) in [7, 11) is 0. The lowest BCUT2D eigenvalue weighted by Gasteiger charge is -2.19. The molecule has 1 aromatic carbocycles. The highest BCUT2D eigenvalue weighted by Crippen LogP contribution is 2.14. The summed E-state index contributed by atoms with van der Waals surface area (Å²) < 4.78 is 9.97. The van der Waals surface area contributed by atoms with Gasteiger partial charge in [0.1, 0.15) is 11.7 Å². The number of nitrogens with one attached hydrogen (secondary N) is 1. The van der Waals surface area contributed by atoms with Gasteiger partial charge in [0.25, 0.3) is 0 Å². The molecule has 6 nitrogen and oxygen atoms in total.